The SMILES string of the molecule is COc1cccc(Cc2cn3ccccc3n2)c1. The van der Waals surface area contributed by atoms with Gasteiger partial charge >= 0.3 is 0 Å². The van der Waals surface area contributed by atoms with Gasteiger partial charge in [-0.25, -0.2) is 4.98 Å². The minimum Gasteiger partial charge on any atom is -0.497 e. The van der Waals surface area contributed by atoms with Crippen molar-refractivity contribution in [3.05, 3.63) is 66.1 Å². The first-order valence-electron chi connectivity index (χ1n) is 5.91. The Kier molecular flexibility index (Phi) is 2.73. The molecule has 3 nitrogen and oxygen atoms in total. The first-order chi connectivity index (χ1) is 8.85. The number of ether oxygens (including phenoxy) is 1. The second-order valence-corrected chi connectivity index (χ2v) is 4.23. The van der Waals surface area contributed by atoms with E-state index in [0.717, 1.165) is 23.5 Å². The van der Waals surface area contributed by atoms with Crippen LogP contribution in [0, 0.1) is 0 Å². The van der Waals surface area contributed by atoms with Gasteiger partial charge in [0.2, 0.25) is 0 Å². The lowest BCUT2D eigenvalue weighted by atomic mass is 10.1. The van der Waals surface area contributed by atoms with Crippen LogP contribution in [0.2, 0.25) is 0 Å². The van der Waals surface area contributed by atoms with Gasteiger partial charge in [-0.15, -0.1) is 0 Å². The molecule has 0 radical (unpaired) electrons. The summed E-state index contributed by atoms with van der Waals surface area (Å²) < 4.78 is 7.26. The van der Waals surface area contributed by atoms with Crippen molar-refractivity contribution >= 4 is 5.65 Å². The van der Waals surface area contributed by atoms with Crippen LogP contribution in [0.4, 0.5) is 0 Å². The van der Waals surface area contributed by atoms with Crippen molar-refractivity contribution in [2.75, 3.05) is 7.11 Å². The lowest BCUT2D eigenvalue weighted by molar-refractivity contribution is 0.414. The van der Waals surface area contributed by atoms with Gasteiger partial charge in [0.05, 0.1) is 12.8 Å². The fourth-order valence-electron chi connectivity index (χ4n) is 2.06. The van der Waals surface area contributed by atoms with Gasteiger partial charge in [0, 0.05) is 18.8 Å². The van der Waals surface area contributed by atoms with Gasteiger partial charge in [-0.1, -0.05) is 18.2 Å². The first-order valence-corrected chi connectivity index (χ1v) is 5.91. The Balaban J connectivity index is 1.91. The highest BCUT2D eigenvalue weighted by atomic mass is 16.5. The number of nitrogens with zero attached hydrogens (tertiary/aromatic N) is 2. The van der Waals surface area contributed by atoms with Crippen molar-refractivity contribution in [3.63, 3.8) is 0 Å². The summed E-state index contributed by atoms with van der Waals surface area (Å²) in [6, 6.07) is 14.1. The average Bonchev–Trinajstić information content (AvgIpc) is 2.81. The fourth-order valence-corrected chi connectivity index (χ4v) is 2.06. The Morgan fingerprint density at radius 3 is 2.94 bits per heavy atom. The number of pyridine rings is 1. The van der Waals surface area contributed by atoms with E-state index in [9.17, 15) is 0 Å². The third-order valence-electron chi connectivity index (χ3n) is 2.93. The third kappa shape index (κ3) is 2.07. The normalized spacial score (nSPS) is 10.7. The summed E-state index contributed by atoms with van der Waals surface area (Å²) in [5, 5.41) is 0. The molecule has 0 fully saturated rings. The average molecular weight is 238 g/mol. The van der Waals surface area contributed by atoms with Crippen LogP contribution in [0.15, 0.2) is 54.9 Å². The maximum Gasteiger partial charge on any atom is 0.136 e. The molecule has 3 rings (SSSR count). The maximum atomic E-state index is 5.23. The minimum atomic E-state index is 0.818. The molecule has 0 spiro atoms. The van der Waals surface area contributed by atoms with Crippen LogP contribution in [-0.2, 0) is 6.42 Å². The lowest BCUT2D eigenvalue weighted by Gasteiger charge is -2.02. The Bertz CT molecular complexity index is 640. The monoisotopic (exact) mass is 238 g/mol. The molecule has 0 atom stereocenters. The zero-order valence-corrected chi connectivity index (χ0v) is 10.2. The highest BCUT2D eigenvalue weighted by Gasteiger charge is 2.03. The number of fused-ring (bicyclic) bond motifs is 1. The highest BCUT2D eigenvalue weighted by Crippen LogP contribution is 2.16. The van der Waals surface area contributed by atoms with Gasteiger partial charge in [-0.05, 0) is 29.8 Å². The molecule has 0 aliphatic rings. The molecule has 3 aromatic rings. The molecule has 0 bridgehead atoms. The molecule has 2 heterocycles. The zero-order valence-electron chi connectivity index (χ0n) is 10.2. The van der Waals surface area contributed by atoms with Gasteiger partial charge < -0.3 is 9.14 Å². The van der Waals surface area contributed by atoms with Crippen LogP contribution < -0.4 is 4.74 Å². The van der Waals surface area contributed by atoms with E-state index in [-0.39, 0.29) is 0 Å². The summed E-state index contributed by atoms with van der Waals surface area (Å²) in [5.41, 5.74) is 3.25. The van der Waals surface area contributed by atoms with Crippen molar-refractivity contribution in [1.82, 2.24) is 9.38 Å². The summed E-state index contributed by atoms with van der Waals surface area (Å²) in [6.45, 7) is 0. The van der Waals surface area contributed by atoms with E-state index in [1.54, 1.807) is 7.11 Å². The molecule has 0 aliphatic heterocycles. The van der Waals surface area contributed by atoms with Crippen LogP contribution in [0.3, 0.4) is 0 Å². The van der Waals surface area contributed by atoms with E-state index < -0.39 is 0 Å². The van der Waals surface area contributed by atoms with E-state index in [4.69, 9.17) is 4.74 Å². The van der Waals surface area contributed by atoms with E-state index in [1.165, 1.54) is 5.56 Å². The predicted molar refractivity (Wildman–Crippen MR) is 71.0 cm³/mol. The molecule has 0 amide bonds. The van der Waals surface area contributed by atoms with E-state index in [1.807, 2.05) is 47.0 Å². The summed E-state index contributed by atoms with van der Waals surface area (Å²) in [6.07, 6.45) is 4.89. The fraction of sp³-hybridized carbons (Fsp3) is 0.133. The van der Waals surface area contributed by atoms with Crippen molar-refractivity contribution in [3.8, 4) is 5.75 Å². The first kappa shape index (κ1) is 10.8. The Labute approximate surface area is 106 Å². The minimum absolute atomic E-state index is 0.818. The number of imidazole rings is 1. The summed E-state index contributed by atoms with van der Waals surface area (Å²) in [7, 11) is 1.68. The predicted octanol–water partition coefficient (Wildman–Crippen LogP) is 2.93. The highest BCUT2D eigenvalue weighted by molar-refractivity contribution is 5.41. The molecule has 2 aromatic heterocycles. The molecule has 1 aromatic carbocycles. The molecule has 18 heavy (non-hydrogen) atoms. The van der Waals surface area contributed by atoms with E-state index in [2.05, 4.69) is 17.2 Å². The molecule has 0 saturated carbocycles. The second kappa shape index (κ2) is 4.53. The van der Waals surface area contributed by atoms with E-state index in [0.29, 0.717) is 0 Å². The van der Waals surface area contributed by atoms with Crippen LogP contribution in [0.5, 0.6) is 5.75 Å². The largest absolute Gasteiger partial charge is 0.497 e. The van der Waals surface area contributed by atoms with Crippen molar-refractivity contribution in [2.24, 2.45) is 0 Å². The van der Waals surface area contributed by atoms with E-state index >= 15 is 0 Å². The molecule has 0 N–H and O–H groups in total. The molecular weight excluding hydrogens is 224 g/mol. The summed E-state index contributed by atoms with van der Waals surface area (Å²) in [4.78, 5) is 4.59. The third-order valence-corrected chi connectivity index (χ3v) is 2.93. The Morgan fingerprint density at radius 2 is 2.11 bits per heavy atom. The topological polar surface area (TPSA) is 26.5 Å². The number of hydrogen-bond donors (Lipinski definition) is 0. The molecule has 3 heteroatoms. The van der Waals surface area contributed by atoms with Crippen molar-refractivity contribution in [2.45, 2.75) is 6.42 Å². The second-order valence-electron chi connectivity index (χ2n) is 4.23. The maximum absolute atomic E-state index is 5.23. The quantitative estimate of drug-likeness (QED) is 0.701. The van der Waals surface area contributed by atoms with Gasteiger partial charge in [0.25, 0.3) is 0 Å². The zero-order chi connectivity index (χ0) is 12.4. The Morgan fingerprint density at radius 1 is 1.17 bits per heavy atom. The summed E-state index contributed by atoms with van der Waals surface area (Å²) >= 11 is 0. The smallest absolute Gasteiger partial charge is 0.136 e. The van der Waals surface area contributed by atoms with Gasteiger partial charge in [-0.3, -0.25) is 0 Å². The molecule has 0 saturated heterocycles. The lowest BCUT2D eigenvalue weighted by Crippen LogP contribution is -1.89. The number of methoxy groups -OCH3 is 1. The summed E-state index contributed by atoms with van der Waals surface area (Å²) in [5.74, 6) is 0.885. The standard InChI is InChI=1S/C15H14N2O/c1-18-14-6-4-5-12(10-14)9-13-11-17-8-3-2-7-15(17)16-13/h2-8,10-11H,9H2,1H3. The molecule has 0 unspecified atom stereocenters. The van der Waals surface area contributed by atoms with Crippen LogP contribution in [0.1, 0.15) is 11.3 Å². The number of hydrogen-bond acceptors (Lipinski definition) is 2. The Hall–Kier alpha value is -2.29. The number of aromatic nitrogens is 2. The van der Waals surface area contributed by atoms with Crippen LogP contribution >= 0.6 is 0 Å². The van der Waals surface area contributed by atoms with Crippen LogP contribution in [0.25, 0.3) is 5.65 Å². The van der Waals surface area contributed by atoms with Gasteiger partial charge in [0.1, 0.15) is 11.4 Å². The molecule has 90 valence electrons. The number of benzene rings is 1. The van der Waals surface area contributed by atoms with Gasteiger partial charge in [-0.2, -0.15) is 0 Å². The van der Waals surface area contributed by atoms with Crippen LogP contribution in [-0.4, -0.2) is 16.5 Å². The van der Waals surface area contributed by atoms with Gasteiger partial charge in [0.15, 0.2) is 0 Å². The molecule has 0 aliphatic carbocycles. The van der Waals surface area contributed by atoms with Crippen molar-refractivity contribution in [1.29, 1.82) is 0 Å². The van der Waals surface area contributed by atoms with Crippen molar-refractivity contribution < 1.29 is 4.74 Å². The molecular formula is C15H14N2O. The number of rotatable bonds is 3.